The predicted octanol–water partition coefficient (Wildman–Crippen LogP) is 5.29. The molecular weight excluding hydrogens is 456 g/mol. The third kappa shape index (κ3) is 5.50. The number of nitrogens with zero attached hydrogens (tertiary/aromatic N) is 4. The van der Waals surface area contributed by atoms with Crippen molar-refractivity contribution < 1.29 is 0 Å². The number of fused-ring (bicyclic) bond motifs is 2. The maximum atomic E-state index is 4.88. The zero-order chi connectivity index (χ0) is 25.0. The Hall–Kier alpha value is -3.74. The van der Waals surface area contributed by atoms with Crippen molar-refractivity contribution in [3.05, 3.63) is 113 Å². The first-order valence-electron chi connectivity index (χ1n) is 13.2. The van der Waals surface area contributed by atoms with Gasteiger partial charge in [-0.2, -0.15) is 0 Å². The standard InChI is InChI=1S/C31H34N6/c1-36-17-5-7-27(36)20-32-19-23-10-12-24(13-11-23)21-37(22-31-34-29-8-2-3-9-30(29)35-31)26-14-15-28-25(18-26)6-4-16-33-28/h2-13,16-18,26,28,32H,14-15,19-22H2,1H3,(H,34,35). The van der Waals surface area contributed by atoms with E-state index in [1.165, 1.54) is 22.4 Å². The highest BCUT2D eigenvalue weighted by Gasteiger charge is 2.26. The van der Waals surface area contributed by atoms with E-state index in [-0.39, 0.29) is 0 Å². The number of nitrogens with one attached hydrogen (secondary N) is 2. The lowest BCUT2D eigenvalue weighted by Crippen LogP contribution is -2.37. The summed E-state index contributed by atoms with van der Waals surface area (Å²) in [6, 6.07) is 22.2. The van der Waals surface area contributed by atoms with Crippen molar-refractivity contribution in [1.29, 1.82) is 0 Å². The summed E-state index contributed by atoms with van der Waals surface area (Å²) < 4.78 is 2.16. The van der Waals surface area contributed by atoms with Gasteiger partial charge in [0.15, 0.2) is 0 Å². The fraction of sp³-hybridized carbons (Fsp3) is 0.290. The Morgan fingerprint density at radius 1 is 0.973 bits per heavy atom. The number of aliphatic imine (C=N–C) groups is 1. The minimum Gasteiger partial charge on any atom is -0.353 e. The highest BCUT2D eigenvalue weighted by atomic mass is 15.2. The average Bonchev–Trinajstić information content (AvgIpc) is 3.54. The van der Waals surface area contributed by atoms with Gasteiger partial charge in [0, 0.05) is 50.8 Å². The number of benzene rings is 2. The summed E-state index contributed by atoms with van der Waals surface area (Å²) in [7, 11) is 2.09. The molecule has 0 saturated carbocycles. The van der Waals surface area contributed by atoms with E-state index in [1.807, 2.05) is 12.3 Å². The number of rotatable bonds is 9. The van der Waals surface area contributed by atoms with Gasteiger partial charge in [0.05, 0.1) is 23.6 Å². The number of aryl methyl sites for hydroxylation is 1. The Balaban J connectivity index is 1.17. The second-order valence-corrected chi connectivity index (χ2v) is 10.1. The van der Waals surface area contributed by atoms with E-state index >= 15 is 0 Å². The van der Waals surface area contributed by atoms with Crippen molar-refractivity contribution in [1.82, 2.24) is 24.8 Å². The van der Waals surface area contributed by atoms with E-state index in [9.17, 15) is 0 Å². The normalized spacial score (nSPS) is 18.9. The molecule has 2 unspecified atom stereocenters. The molecule has 2 aromatic carbocycles. The van der Waals surface area contributed by atoms with Crippen molar-refractivity contribution >= 4 is 17.2 Å². The molecule has 2 atom stereocenters. The second-order valence-electron chi connectivity index (χ2n) is 10.1. The van der Waals surface area contributed by atoms with E-state index in [0.717, 1.165) is 55.9 Å². The van der Waals surface area contributed by atoms with Gasteiger partial charge in [-0.3, -0.25) is 9.89 Å². The first-order chi connectivity index (χ1) is 18.2. The number of dihydropyridines is 1. The van der Waals surface area contributed by atoms with Gasteiger partial charge in [-0.1, -0.05) is 48.6 Å². The molecule has 0 bridgehead atoms. The highest BCUT2D eigenvalue weighted by molar-refractivity contribution is 5.75. The number of H-pyrrole nitrogens is 1. The third-order valence-corrected chi connectivity index (χ3v) is 7.50. The number of para-hydroxylation sites is 2. The molecule has 3 heterocycles. The van der Waals surface area contributed by atoms with Crippen LogP contribution in [0.3, 0.4) is 0 Å². The molecule has 37 heavy (non-hydrogen) atoms. The van der Waals surface area contributed by atoms with E-state index in [0.29, 0.717) is 12.1 Å². The molecule has 0 amide bonds. The fourth-order valence-corrected chi connectivity index (χ4v) is 5.41. The number of hydrogen-bond acceptors (Lipinski definition) is 4. The summed E-state index contributed by atoms with van der Waals surface area (Å²) in [6.07, 6.45) is 12.9. The molecule has 1 aliphatic carbocycles. The van der Waals surface area contributed by atoms with Gasteiger partial charge in [-0.15, -0.1) is 0 Å². The molecule has 2 N–H and O–H groups in total. The Bertz CT molecular complexity index is 1400. The number of imidazole rings is 1. The Kier molecular flexibility index (Phi) is 6.84. The van der Waals surface area contributed by atoms with Crippen LogP contribution in [0.2, 0.25) is 0 Å². The molecule has 6 nitrogen and oxygen atoms in total. The molecule has 188 valence electrons. The predicted molar refractivity (Wildman–Crippen MR) is 150 cm³/mol. The summed E-state index contributed by atoms with van der Waals surface area (Å²) in [6.45, 7) is 3.38. The van der Waals surface area contributed by atoms with E-state index in [4.69, 9.17) is 4.98 Å². The largest absolute Gasteiger partial charge is 0.353 e. The zero-order valence-electron chi connectivity index (χ0n) is 21.3. The van der Waals surface area contributed by atoms with Gasteiger partial charge in [-0.05, 0) is 59.9 Å². The van der Waals surface area contributed by atoms with Gasteiger partial charge in [-0.25, -0.2) is 4.98 Å². The maximum absolute atomic E-state index is 4.88. The Morgan fingerprint density at radius 2 is 1.84 bits per heavy atom. The van der Waals surface area contributed by atoms with Crippen LogP contribution in [0.15, 0.2) is 95.7 Å². The summed E-state index contributed by atoms with van der Waals surface area (Å²) in [4.78, 5) is 15.6. The molecule has 0 spiro atoms. The molecular formula is C31H34N6. The van der Waals surface area contributed by atoms with Crippen LogP contribution in [0.25, 0.3) is 11.0 Å². The van der Waals surface area contributed by atoms with Crippen LogP contribution in [0.4, 0.5) is 0 Å². The summed E-state index contributed by atoms with van der Waals surface area (Å²) in [5, 5.41) is 3.56. The first kappa shape index (κ1) is 23.6. The summed E-state index contributed by atoms with van der Waals surface area (Å²) in [5.41, 5.74) is 7.37. The minimum absolute atomic E-state index is 0.316. The topological polar surface area (TPSA) is 61.2 Å². The molecule has 0 fully saturated rings. The fourth-order valence-electron chi connectivity index (χ4n) is 5.41. The lowest BCUT2D eigenvalue weighted by atomic mass is 9.89. The van der Waals surface area contributed by atoms with Crippen LogP contribution in [0.5, 0.6) is 0 Å². The number of hydrogen-bond donors (Lipinski definition) is 2. The number of aromatic nitrogens is 3. The van der Waals surface area contributed by atoms with Gasteiger partial charge >= 0.3 is 0 Å². The van der Waals surface area contributed by atoms with Crippen molar-refractivity contribution in [2.24, 2.45) is 12.0 Å². The van der Waals surface area contributed by atoms with Crippen molar-refractivity contribution in [3.8, 4) is 0 Å². The molecule has 0 saturated heterocycles. The molecule has 1 aliphatic heterocycles. The van der Waals surface area contributed by atoms with Gasteiger partial charge < -0.3 is 14.9 Å². The summed E-state index contributed by atoms with van der Waals surface area (Å²) >= 11 is 0. The SMILES string of the molecule is Cn1cccc1CNCc1ccc(CN(Cc2nc3ccccc3[nH]2)C2C=C3C=CC=NC3CC2)cc1. The van der Waals surface area contributed by atoms with Crippen LogP contribution in [-0.4, -0.2) is 37.7 Å². The van der Waals surface area contributed by atoms with E-state index in [1.54, 1.807) is 0 Å². The van der Waals surface area contributed by atoms with Crippen LogP contribution >= 0.6 is 0 Å². The Morgan fingerprint density at radius 3 is 2.68 bits per heavy atom. The molecule has 6 heteroatoms. The quantitative estimate of drug-likeness (QED) is 0.335. The summed E-state index contributed by atoms with van der Waals surface area (Å²) in [5.74, 6) is 1.01. The van der Waals surface area contributed by atoms with E-state index in [2.05, 4.69) is 111 Å². The third-order valence-electron chi connectivity index (χ3n) is 7.50. The highest BCUT2D eigenvalue weighted by Crippen LogP contribution is 2.29. The van der Waals surface area contributed by atoms with Gasteiger partial charge in [0.1, 0.15) is 5.82 Å². The average molecular weight is 491 g/mol. The molecule has 6 rings (SSSR count). The van der Waals surface area contributed by atoms with E-state index < -0.39 is 0 Å². The maximum Gasteiger partial charge on any atom is 0.121 e. The zero-order valence-corrected chi connectivity index (χ0v) is 21.3. The molecule has 4 aromatic rings. The van der Waals surface area contributed by atoms with Crippen LogP contribution in [-0.2, 0) is 33.2 Å². The lowest BCUT2D eigenvalue weighted by molar-refractivity contribution is 0.188. The number of allylic oxidation sites excluding steroid dienone is 1. The molecule has 0 radical (unpaired) electrons. The van der Waals surface area contributed by atoms with Gasteiger partial charge in [0.2, 0.25) is 0 Å². The monoisotopic (exact) mass is 490 g/mol. The van der Waals surface area contributed by atoms with Crippen LogP contribution < -0.4 is 5.32 Å². The van der Waals surface area contributed by atoms with Crippen molar-refractivity contribution in [2.75, 3.05) is 0 Å². The minimum atomic E-state index is 0.316. The lowest BCUT2D eigenvalue weighted by Gasteiger charge is -2.34. The first-order valence-corrected chi connectivity index (χ1v) is 13.2. The van der Waals surface area contributed by atoms with Gasteiger partial charge in [0.25, 0.3) is 0 Å². The van der Waals surface area contributed by atoms with Crippen LogP contribution in [0, 0.1) is 0 Å². The second kappa shape index (κ2) is 10.7. The molecule has 2 aromatic heterocycles. The Labute approximate surface area is 218 Å². The molecule has 2 aliphatic rings. The van der Waals surface area contributed by atoms with Crippen molar-refractivity contribution in [2.45, 2.75) is 51.1 Å². The smallest absolute Gasteiger partial charge is 0.121 e. The number of aromatic amines is 1. The van der Waals surface area contributed by atoms with Crippen LogP contribution in [0.1, 0.15) is 35.5 Å². The van der Waals surface area contributed by atoms with Crippen molar-refractivity contribution in [3.63, 3.8) is 0 Å².